The number of nitrogens with zero attached hydrogens (tertiary/aromatic N) is 2. The predicted octanol–water partition coefficient (Wildman–Crippen LogP) is 2.25. The van der Waals surface area contributed by atoms with Crippen LogP contribution in [0.25, 0.3) is 0 Å². The van der Waals surface area contributed by atoms with E-state index in [4.69, 9.17) is 0 Å². The number of rotatable bonds is 5. The van der Waals surface area contributed by atoms with Gasteiger partial charge in [0.05, 0.1) is 0 Å². The molecule has 110 valence electrons. The van der Waals surface area contributed by atoms with Crippen LogP contribution in [0, 0.1) is 12.8 Å². The Morgan fingerprint density at radius 2 is 1.90 bits per heavy atom. The first-order valence-electron chi connectivity index (χ1n) is 7.97. The fourth-order valence-electron chi connectivity index (χ4n) is 3.22. The highest BCUT2D eigenvalue weighted by atomic mass is 15.3. The fraction of sp³-hybridized carbons (Fsp3) is 0.647. The molecule has 1 N–H and O–H groups in total. The lowest BCUT2D eigenvalue weighted by atomic mass is 10.1. The van der Waals surface area contributed by atoms with Gasteiger partial charge < -0.3 is 10.2 Å². The largest absolute Gasteiger partial charge is 0.369 e. The zero-order valence-electron chi connectivity index (χ0n) is 12.9. The molecule has 3 heteroatoms. The van der Waals surface area contributed by atoms with Crippen LogP contribution in [-0.2, 0) is 6.54 Å². The quantitative estimate of drug-likeness (QED) is 0.887. The summed E-state index contributed by atoms with van der Waals surface area (Å²) in [6.45, 7) is 9.36. The van der Waals surface area contributed by atoms with Gasteiger partial charge in [0.1, 0.15) is 0 Å². The van der Waals surface area contributed by atoms with Crippen LogP contribution >= 0.6 is 0 Å². The van der Waals surface area contributed by atoms with Gasteiger partial charge in [-0.05, 0) is 49.9 Å². The first-order valence-corrected chi connectivity index (χ1v) is 7.97. The molecule has 3 rings (SSSR count). The molecule has 3 nitrogen and oxygen atoms in total. The topological polar surface area (TPSA) is 18.5 Å². The summed E-state index contributed by atoms with van der Waals surface area (Å²) in [4.78, 5) is 5.21. The van der Waals surface area contributed by atoms with Crippen LogP contribution in [0.5, 0.6) is 0 Å². The zero-order chi connectivity index (χ0) is 13.9. The second-order valence-corrected chi connectivity index (χ2v) is 6.38. The monoisotopic (exact) mass is 273 g/mol. The molecule has 0 aromatic heterocycles. The highest BCUT2D eigenvalue weighted by Gasteiger charge is 2.26. The van der Waals surface area contributed by atoms with Crippen molar-refractivity contribution in [2.45, 2.75) is 26.3 Å². The first kappa shape index (κ1) is 13.9. The molecule has 1 heterocycles. The number of anilines is 1. The van der Waals surface area contributed by atoms with E-state index in [-0.39, 0.29) is 0 Å². The van der Waals surface area contributed by atoms with E-state index in [1.807, 2.05) is 7.05 Å². The van der Waals surface area contributed by atoms with Crippen molar-refractivity contribution in [1.82, 2.24) is 10.2 Å². The molecule has 0 spiro atoms. The van der Waals surface area contributed by atoms with Gasteiger partial charge in [0.2, 0.25) is 0 Å². The molecular weight excluding hydrogens is 246 g/mol. The molecule has 1 aliphatic carbocycles. The van der Waals surface area contributed by atoms with E-state index in [0.717, 1.165) is 12.5 Å². The van der Waals surface area contributed by atoms with Crippen LogP contribution in [0.4, 0.5) is 5.69 Å². The molecule has 1 saturated carbocycles. The maximum atomic E-state index is 3.22. The maximum Gasteiger partial charge on any atom is 0.0397 e. The molecule has 0 bridgehead atoms. The molecule has 20 heavy (non-hydrogen) atoms. The molecule has 1 aromatic rings. The number of benzene rings is 1. The summed E-state index contributed by atoms with van der Waals surface area (Å²) >= 11 is 0. The smallest absolute Gasteiger partial charge is 0.0397 e. The van der Waals surface area contributed by atoms with E-state index in [0.29, 0.717) is 0 Å². The Kier molecular flexibility index (Phi) is 4.27. The van der Waals surface area contributed by atoms with Gasteiger partial charge >= 0.3 is 0 Å². The third-order valence-electron chi connectivity index (χ3n) is 4.57. The Labute approximate surface area is 123 Å². The standard InChI is InChI=1S/C17H27N3/c1-14-11-16(12-18-2)5-6-17(14)20-9-7-19(8-10-20)13-15-3-4-15/h5-6,11,15,18H,3-4,7-10,12-13H2,1-2H3. The molecule has 1 aromatic carbocycles. The van der Waals surface area contributed by atoms with E-state index in [1.165, 1.54) is 62.4 Å². The average molecular weight is 273 g/mol. The third-order valence-corrected chi connectivity index (χ3v) is 4.57. The van der Waals surface area contributed by atoms with Crippen LogP contribution in [0.15, 0.2) is 18.2 Å². The van der Waals surface area contributed by atoms with Gasteiger partial charge in [0.15, 0.2) is 0 Å². The molecule has 1 aliphatic heterocycles. The molecule has 0 amide bonds. The normalized spacial score (nSPS) is 20.4. The zero-order valence-corrected chi connectivity index (χ0v) is 12.9. The molecule has 2 aliphatic rings. The van der Waals surface area contributed by atoms with Crippen molar-refractivity contribution in [3.05, 3.63) is 29.3 Å². The summed E-state index contributed by atoms with van der Waals surface area (Å²) in [5, 5.41) is 3.22. The van der Waals surface area contributed by atoms with Crippen molar-refractivity contribution in [2.24, 2.45) is 5.92 Å². The SMILES string of the molecule is CNCc1ccc(N2CCN(CC3CC3)CC2)c(C)c1. The van der Waals surface area contributed by atoms with E-state index < -0.39 is 0 Å². The number of hydrogen-bond donors (Lipinski definition) is 1. The summed E-state index contributed by atoms with van der Waals surface area (Å²) in [7, 11) is 2.00. The van der Waals surface area contributed by atoms with Crippen LogP contribution in [0.3, 0.4) is 0 Å². The lowest BCUT2D eigenvalue weighted by Gasteiger charge is -2.37. The van der Waals surface area contributed by atoms with Crippen LogP contribution in [0.2, 0.25) is 0 Å². The summed E-state index contributed by atoms with van der Waals surface area (Å²) in [6.07, 6.45) is 2.93. The predicted molar refractivity (Wildman–Crippen MR) is 85.3 cm³/mol. The lowest BCUT2D eigenvalue weighted by Crippen LogP contribution is -2.47. The van der Waals surface area contributed by atoms with Crippen molar-refractivity contribution < 1.29 is 0 Å². The van der Waals surface area contributed by atoms with E-state index in [9.17, 15) is 0 Å². The molecular formula is C17H27N3. The van der Waals surface area contributed by atoms with Gasteiger partial charge in [-0.25, -0.2) is 0 Å². The second kappa shape index (κ2) is 6.15. The molecule has 2 fully saturated rings. The van der Waals surface area contributed by atoms with Crippen molar-refractivity contribution in [3.8, 4) is 0 Å². The third kappa shape index (κ3) is 3.33. The summed E-state index contributed by atoms with van der Waals surface area (Å²) in [5.74, 6) is 1.02. The number of nitrogens with one attached hydrogen (secondary N) is 1. The van der Waals surface area contributed by atoms with Crippen LogP contribution in [-0.4, -0.2) is 44.7 Å². The van der Waals surface area contributed by atoms with Gasteiger partial charge in [0, 0.05) is 45.0 Å². The van der Waals surface area contributed by atoms with Crippen molar-refractivity contribution in [3.63, 3.8) is 0 Å². The van der Waals surface area contributed by atoms with Gasteiger partial charge in [-0.2, -0.15) is 0 Å². The van der Waals surface area contributed by atoms with Crippen molar-refractivity contribution in [2.75, 3.05) is 44.7 Å². The minimum absolute atomic E-state index is 0.955. The summed E-state index contributed by atoms with van der Waals surface area (Å²) in [6, 6.07) is 6.89. The van der Waals surface area contributed by atoms with Crippen LogP contribution in [0.1, 0.15) is 24.0 Å². The lowest BCUT2D eigenvalue weighted by molar-refractivity contribution is 0.248. The number of aryl methyl sites for hydroxylation is 1. The van der Waals surface area contributed by atoms with E-state index >= 15 is 0 Å². The summed E-state index contributed by atoms with van der Waals surface area (Å²) < 4.78 is 0. The average Bonchev–Trinajstić information content (AvgIpc) is 3.25. The minimum Gasteiger partial charge on any atom is -0.369 e. The molecule has 0 radical (unpaired) electrons. The van der Waals surface area contributed by atoms with Gasteiger partial charge in [0.25, 0.3) is 0 Å². The number of piperazine rings is 1. The second-order valence-electron chi connectivity index (χ2n) is 6.38. The minimum atomic E-state index is 0.955. The van der Waals surface area contributed by atoms with Gasteiger partial charge in [-0.3, -0.25) is 4.90 Å². The van der Waals surface area contributed by atoms with E-state index in [2.05, 4.69) is 40.2 Å². The summed E-state index contributed by atoms with van der Waals surface area (Å²) in [5.41, 5.74) is 4.21. The molecule has 0 unspecified atom stereocenters. The fourth-order valence-corrected chi connectivity index (χ4v) is 3.22. The Morgan fingerprint density at radius 3 is 2.50 bits per heavy atom. The Balaban J connectivity index is 1.59. The van der Waals surface area contributed by atoms with Crippen LogP contribution < -0.4 is 10.2 Å². The van der Waals surface area contributed by atoms with Crippen molar-refractivity contribution in [1.29, 1.82) is 0 Å². The molecule has 0 atom stereocenters. The van der Waals surface area contributed by atoms with Gasteiger partial charge in [-0.15, -0.1) is 0 Å². The Morgan fingerprint density at radius 1 is 1.15 bits per heavy atom. The Bertz CT molecular complexity index is 446. The Hall–Kier alpha value is -1.06. The van der Waals surface area contributed by atoms with Crippen molar-refractivity contribution >= 4 is 5.69 Å². The number of hydrogen-bond acceptors (Lipinski definition) is 3. The van der Waals surface area contributed by atoms with E-state index in [1.54, 1.807) is 0 Å². The van der Waals surface area contributed by atoms with Gasteiger partial charge in [-0.1, -0.05) is 12.1 Å². The highest BCUT2D eigenvalue weighted by molar-refractivity contribution is 5.54. The maximum absolute atomic E-state index is 3.22. The first-order chi connectivity index (χ1) is 9.76. The highest BCUT2D eigenvalue weighted by Crippen LogP contribution is 2.30. The molecule has 1 saturated heterocycles.